The van der Waals surface area contributed by atoms with Gasteiger partial charge >= 0.3 is 0 Å². The normalized spacial score (nSPS) is 12.5. The van der Waals surface area contributed by atoms with Crippen molar-refractivity contribution in [2.75, 3.05) is 7.05 Å². The van der Waals surface area contributed by atoms with Gasteiger partial charge in [-0.05, 0) is 24.6 Å². The molecular formula is C23H20N4O2S. The van der Waals surface area contributed by atoms with E-state index in [0.717, 1.165) is 26.8 Å². The van der Waals surface area contributed by atoms with E-state index in [4.69, 9.17) is 5.10 Å². The number of rotatable bonds is 4. The number of aryl methyl sites for hydroxylation is 1. The van der Waals surface area contributed by atoms with Gasteiger partial charge in [-0.15, -0.1) is 11.3 Å². The lowest BCUT2D eigenvalue weighted by Gasteiger charge is -2.09. The smallest absolute Gasteiger partial charge is 0.261 e. The number of benzene rings is 3. The van der Waals surface area contributed by atoms with E-state index >= 15 is 0 Å². The number of nitro groups is 1. The Morgan fingerprint density at radius 1 is 1.10 bits per heavy atom. The summed E-state index contributed by atoms with van der Waals surface area (Å²) in [5.74, 6) is 0. The van der Waals surface area contributed by atoms with Gasteiger partial charge in [-0.2, -0.15) is 5.10 Å². The third-order valence-electron chi connectivity index (χ3n) is 5.02. The molecule has 30 heavy (non-hydrogen) atoms. The molecule has 0 aliphatic rings. The van der Waals surface area contributed by atoms with Gasteiger partial charge in [0.1, 0.15) is 0 Å². The van der Waals surface area contributed by atoms with E-state index in [9.17, 15) is 10.1 Å². The van der Waals surface area contributed by atoms with E-state index in [0.29, 0.717) is 16.8 Å². The summed E-state index contributed by atoms with van der Waals surface area (Å²) >= 11 is 1.51. The Kier molecular flexibility index (Phi) is 5.29. The molecule has 0 unspecified atom stereocenters. The van der Waals surface area contributed by atoms with Gasteiger partial charge < -0.3 is 0 Å². The topological polar surface area (TPSA) is 72.8 Å². The predicted octanol–water partition coefficient (Wildman–Crippen LogP) is 5.39. The van der Waals surface area contributed by atoms with Crippen LogP contribution in [0.3, 0.4) is 0 Å². The Labute approximate surface area is 177 Å². The van der Waals surface area contributed by atoms with Crippen molar-refractivity contribution < 1.29 is 4.92 Å². The fourth-order valence-electron chi connectivity index (χ4n) is 3.42. The number of thiazole rings is 1. The largest absolute Gasteiger partial charge is 0.272 e. The molecular weight excluding hydrogens is 396 g/mol. The van der Waals surface area contributed by atoms with Crippen LogP contribution in [0.4, 0.5) is 5.69 Å². The molecule has 150 valence electrons. The number of fused-ring (bicyclic) bond motifs is 1. The van der Waals surface area contributed by atoms with Crippen molar-refractivity contribution in [2.24, 2.45) is 10.1 Å². The minimum Gasteiger partial charge on any atom is -0.261 e. The highest BCUT2D eigenvalue weighted by Crippen LogP contribution is 2.29. The summed E-state index contributed by atoms with van der Waals surface area (Å²) in [4.78, 5) is 16.1. The van der Waals surface area contributed by atoms with Gasteiger partial charge in [0, 0.05) is 35.2 Å². The van der Waals surface area contributed by atoms with E-state index < -0.39 is 0 Å². The molecule has 0 aliphatic heterocycles. The standard InChI is InChI=1S/C23H20N4O2S/c1-15-11-12-18(13-21(15)27(28)29)16(2)25-26-22(14-30-23(26)24-3)20-10-6-8-17-7-4-5-9-19(17)20/h4-14H,1-3H3. The molecule has 4 rings (SSSR count). The van der Waals surface area contributed by atoms with Crippen molar-refractivity contribution in [2.45, 2.75) is 13.8 Å². The minimum atomic E-state index is -0.363. The van der Waals surface area contributed by atoms with Crippen molar-refractivity contribution in [3.05, 3.63) is 92.1 Å². The van der Waals surface area contributed by atoms with Gasteiger partial charge in [-0.1, -0.05) is 54.6 Å². The second-order valence-corrected chi connectivity index (χ2v) is 7.75. The Morgan fingerprint density at radius 2 is 1.87 bits per heavy atom. The summed E-state index contributed by atoms with van der Waals surface area (Å²) in [5.41, 5.74) is 4.08. The van der Waals surface area contributed by atoms with Crippen molar-refractivity contribution in [3.63, 3.8) is 0 Å². The number of nitrogens with zero attached hydrogens (tertiary/aromatic N) is 4. The first-order valence-electron chi connectivity index (χ1n) is 9.42. The van der Waals surface area contributed by atoms with Crippen LogP contribution in [0.15, 0.2) is 76.1 Å². The van der Waals surface area contributed by atoms with Crippen LogP contribution in [0.5, 0.6) is 0 Å². The van der Waals surface area contributed by atoms with E-state index in [1.807, 2.05) is 41.2 Å². The monoisotopic (exact) mass is 416 g/mol. The zero-order chi connectivity index (χ0) is 21.3. The summed E-state index contributed by atoms with van der Waals surface area (Å²) in [7, 11) is 1.73. The molecule has 0 saturated carbocycles. The van der Waals surface area contributed by atoms with Gasteiger partial charge in [-0.25, -0.2) is 4.68 Å². The molecule has 1 heterocycles. The van der Waals surface area contributed by atoms with Crippen molar-refractivity contribution in [3.8, 4) is 11.3 Å². The van der Waals surface area contributed by atoms with Gasteiger partial charge in [0.25, 0.3) is 5.69 Å². The van der Waals surface area contributed by atoms with Crippen LogP contribution < -0.4 is 4.80 Å². The minimum absolute atomic E-state index is 0.0899. The van der Waals surface area contributed by atoms with Crippen molar-refractivity contribution in [1.82, 2.24) is 4.68 Å². The average Bonchev–Trinajstić information content (AvgIpc) is 3.15. The van der Waals surface area contributed by atoms with E-state index in [2.05, 4.69) is 29.3 Å². The molecule has 1 aromatic heterocycles. The molecule has 0 aliphatic carbocycles. The quantitative estimate of drug-likeness (QED) is 0.254. The molecule has 0 fully saturated rings. The molecule has 0 amide bonds. The van der Waals surface area contributed by atoms with Crippen LogP contribution in [0, 0.1) is 17.0 Å². The second kappa shape index (κ2) is 8.04. The summed E-state index contributed by atoms with van der Waals surface area (Å²) in [6, 6.07) is 19.6. The molecule has 0 N–H and O–H groups in total. The molecule has 0 radical (unpaired) electrons. The molecule has 6 nitrogen and oxygen atoms in total. The number of aromatic nitrogens is 1. The lowest BCUT2D eigenvalue weighted by Crippen LogP contribution is -2.14. The highest BCUT2D eigenvalue weighted by Gasteiger charge is 2.14. The Balaban J connectivity index is 1.89. The average molecular weight is 417 g/mol. The molecule has 0 atom stereocenters. The lowest BCUT2D eigenvalue weighted by molar-refractivity contribution is -0.385. The van der Waals surface area contributed by atoms with Crippen molar-refractivity contribution >= 4 is 33.5 Å². The van der Waals surface area contributed by atoms with Gasteiger partial charge in [0.05, 0.1) is 16.3 Å². The first-order chi connectivity index (χ1) is 14.5. The first-order valence-corrected chi connectivity index (χ1v) is 10.3. The summed E-state index contributed by atoms with van der Waals surface area (Å²) in [6.45, 7) is 3.58. The third-order valence-corrected chi connectivity index (χ3v) is 5.92. The van der Waals surface area contributed by atoms with Crippen LogP contribution in [-0.4, -0.2) is 22.4 Å². The zero-order valence-corrected chi connectivity index (χ0v) is 17.7. The van der Waals surface area contributed by atoms with Crippen molar-refractivity contribution in [1.29, 1.82) is 0 Å². The zero-order valence-electron chi connectivity index (χ0n) is 16.9. The Hall–Kier alpha value is -3.58. The van der Waals surface area contributed by atoms with Crippen LogP contribution in [0.1, 0.15) is 18.1 Å². The molecule has 7 heteroatoms. The molecule has 0 bridgehead atoms. The van der Waals surface area contributed by atoms with E-state index in [-0.39, 0.29) is 10.6 Å². The number of hydrogen-bond acceptors (Lipinski definition) is 5. The summed E-state index contributed by atoms with van der Waals surface area (Å²) in [6.07, 6.45) is 0. The predicted molar refractivity (Wildman–Crippen MR) is 122 cm³/mol. The highest BCUT2D eigenvalue weighted by atomic mass is 32.1. The van der Waals surface area contributed by atoms with E-state index in [1.54, 1.807) is 26.1 Å². The molecule has 4 aromatic rings. The number of nitro benzene ring substituents is 1. The summed E-state index contributed by atoms with van der Waals surface area (Å²) < 4.78 is 1.81. The molecule has 0 saturated heterocycles. The van der Waals surface area contributed by atoms with Crippen LogP contribution in [0.2, 0.25) is 0 Å². The highest BCUT2D eigenvalue weighted by molar-refractivity contribution is 7.07. The third kappa shape index (κ3) is 3.55. The fourth-order valence-corrected chi connectivity index (χ4v) is 4.21. The van der Waals surface area contributed by atoms with Crippen LogP contribution >= 0.6 is 11.3 Å². The van der Waals surface area contributed by atoms with Gasteiger partial charge in [0.2, 0.25) is 4.80 Å². The molecule has 3 aromatic carbocycles. The maximum absolute atomic E-state index is 11.3. The van der Waals surface area contributed by atoms with Crippen LogP contribution in [-0.2, 0) is 0 Å². The maximum Gasteiger partial charge on any atom is 0.272 e. The first kappa shape index (κ1) is 19.7. The maximum atomic E-state index is 11.3. The molecule has 0 spiro atoms. The Morgan fingerprint density at radius 3 is 2.63 bits per heavy atom. The lowest BCUT2D eigenvalue weighted by atomic mass is 10.0. The summed E-state index contributed by atoms with van der Waals surface area (Å²) in [5, 5.41) is 20.4. The fraction of sp³-hybridized carbons (Fsp3) is 0.130. The second-order valence-electron chi connectivity index (χ2n) is 6.91. The number of hydrogen-bond donors (Lipinski definition) is 0. The van der Waals surface area contributed by atoms with Gasteiger partial charge in [0.15, 0.2) is 0 Å². The van der Waals surface area contributed by atoms with Gasteiger partial charge in [-0.3, -0.25) is 15.1 Å². The van der Waals surface area contributed by atoms with E-state index in [1.165, 1.54) is 11.3 Å². The van der Waals surface area contributed by atoms with Crippen LogP contribution in [0.25, 0.3) is 22.0 Å². The SMILES string of the molecule is CN=c1scc(-c2cccc3ccccc23)n1N=C(C)c1ccc(C)c([N+](=O)[O-])c1. The Bertz CT molecular complexity index is 1360.